The van der Waals surface area contributed by atoms with E-state index in [-0.39, 0.29) is 0 Å². The molecule has 1 saturated carbocycles. The Labute approximate surface area is 132 Å². The molecule has 3 rings (SSSR count). The van der Waals surface area contributed by atoms with E-state index in [2.05, 4.69) is 38.2 Å². The highest BCUT2D eigenvalue weighted by Gasteiger charge is 2.29. The Bertz CT molecular complexity index is 615. The third-order valence-electron chi connectivity index (χ3n) is 4.51. The minimum atomic E-state index is 0.455. The van der Waals surface area contributed by atoms with Gasteiger partial charge in [0.05, 0.1) is 17.5 Å². The van der Waals surface area contributed by atoms with Crippen molar-refractivity contribution in [2.45, 2.75) is 52.3 Å². The first-order valence-electron chi connectivity index (χ1n) is 8.14. The highest BCUT2D eigenvalue weighted by Crippen LogP contribution is 2.24. The van der Waals surface area contributed by atoms with E-state index >= 15 is 0 Å². The summed E-state index contributed by atoms with van der Waals surface area (Å²) >= 11 is 0. The van der Waals surface area contributed by atoms with Crippen molar-refractivity contribution in [1.29, 1.82) is 0 Å². The molecule has 4 heteroatoms. The maximum Gasteiger partial charge on any atom is 0.0648 e. The Balaban J connectivity index is 1.64. The number of nitrogens with zero attached hydrogens (tertiary/aromatic N) is 2. The van der Waals surface area contributed by atoms with Crippen LogP contribution in [0.2, 0.25) is 0 Å². The summed E-state index contributed by atoms with van der Waals surface area (Å²) in [6, 6.07) is 10.9. The molecule has 1 N–H and O–H groups in total. The first kappa shape index (κ1) is 15.3. The van der Waals surface area contributed by atoms with Crippen molar-refractivity contribution >= 4 is 0 Å². The van der Waals surface area contributed by atoms with E-state index < -0.39 is 0 Å². The number of benzene rings is 1. The fraction of sp³-hybridized carbons (Fsp3) is 0.500. The lowest BCUT2D eigenvalue weighted by molar-refractivity contribution is -0.0102. The third-order valence-corrected chi connectivity index (χ3v) is 4.51. The molecule has 0 aliphatic heterocycles. The van der Waals surface area contributed by atoms with E-state index in [1.165, 1.54) is 11.3 Å². The highest BCUT2D eigenvalue weighted by molar-refractivity contribution is 5.36. The fourth-order valence-electron chi connectivity index (χ4n) is 3.10. The molecule has 118 valence electrons. The minimum absolute atomic E-state index is 0.455. The van der Waals surface area contributed by atoms with Gasteiger partial charge in [0.2, 0.25) is 0 Å². The maximum absolute atomic E-state index is 5.61. The van der Waals surface area contributed by atoms with Crippen molar-refractivity contribution in [3.8, 4) is 5.69 Å². The van der Waals surface area contributed by atoms with Crippen molar-refractivity contribution < 1.29 is 4.74 Å². The zero-order valence-electron chi connectivity index (χ0n) is 13.7. The van der Waals surface area contributed by atoms with E-state index in [1.54, 1.807) is 0 Å². The molecule has 2 aromatic rings. The number of nitrogens with one attached hydrogen (secondary N) is 1. The van der Waals surface area contributed by atoms with Crippen molar-refractivity contribution in [1.82, 2.24) is 15.1 Å². The number of rotatable bonds is 6. The Morgan fingerprint density at radius 3 is 2.64 bits per heavy atom. The monoisotopic (exact) mass is 299 g/mol. The molecular formula is C18H25N3O. The van der Waals surface area contributed by atoms with E-state index in [1.807, 2.05) is 22.9 Å². The standard InChI is InChI=1S/C18H25N3O/c1-4-22-17-10-15(11-17)19-12-18-13(2)20-21(14(18)3)16-8-6-5-7-9-16/h5-9,15,17,19H,4,10-12H2,1-3H3. The minimum Gasteiger partial charge on any atom is -0.378 e. The molecule has 0 unspecified atom stereocenters. The molecule has 0 spiro atoms. The van der Waals surface area contributed by atoms with Gasteiger partial charge in [0, 0.05) is 30.5 Å². The number of aryl methyl sites for hydroxylation is 1. The van der Waals surface area contributed by atoms with Crippen LogP contribution >= 0.6 is 0 Å². The summed E-state index contributed by atoms with van der Waals surface area (Å²) in [4.78, 5) is 0. The second-order valence-corrected chi connectivity index (χ2v) is 6.02. The van der Waals surface area contributed by atoms with Crippen LogP contribution in [-0.2, 0) is 11.3 Å². The van der Waals surface area contributed by atoms with Crippen LogP contribution in [0.25, 0.3) is 5.69 Å². The van der Waals surface area contributed by atoms with Gasteiger partial charge in [0.15, 0.2) is 0 Å². The van der Waals surface area contributed by atoms with Crippen molar-refractivity contribution in [2.24, 2.45) is 0 Å². The van der Waals surface area contributed by atoms with Crippen molar-refractivity contribution in [3.05, 3.63) is 47.3 Å². The molecule has 0 atom stereocenters. The summed E-state index contributed by atoms with van der Waals surface area (Å²) in [7, 11) is 0. The van der Waals surface area contributed by atoms with Gasteiger partial charge in [-0.1, -0.05) is 18.2 Å². The Hall–Kier alpha value is -1.65. The topological polar surface area (TPSA) is 39.1 Å². The largest absolute Gasteiger partial charge is 0.378 e. The van der Waals surface area contributed by atoms with Crippen molar-refractivity contribution in [3.63, 3.8) is 0 Å². The van der Waals surface area contributed by atoms with Crippen LogP contribution in [0.1, 0.15) is 36.7 Å². The van der Waals surface area contributed by atoms with Crippen LogP contribution in [-0.4, -0.2) is 28.5 Å². The smallest absolute Gasteiger partial charge is 0.0648 e. The summed E-state index contributed by atoms with van der Waals surface area (Å²) in [6.07, 6.45) is 2.70. The lowest BCUT2D eigenvalue weighted by Gasteiger charge is -2.35. The lowest BCUT2D eigenvalue weighted by Crippen LogP contribution is -2.45. The van der Waals surface area contributed by atoms with Crippen LogP contribution in [0.15, 0.2) is 30.3 Å². The molecule has 1 aliphatic rings. The zero-order valence-corrected chi connectivity index (χ0v) is 13.7. The van der Waals surface area contributed by atoms with E-state index in [4.69, 9.17) is 9.84 Å². The quantitative estimate of drug-likeness (QED) is 0.890. The number of ether oxygens (including phenoxy) is 1. The zero-order chi connectivity index (χ0) is 15.5. The van der Waals surface area contributed by atoms with Crippen molar-refractivity contribution in [2.75, 3.05) is 6.61 Å². The highest BCUT2D eigenvalue weighted by atomic mass is 16.5. The van der Waals surface area contributed by atoms with Gasteiger partial charge in [-0.15, -0.1) is 0 Å². The molecule has 0 bridgehead atoms. The van der Waals surface area contributed by atoms with Crippen LogP contribution in [0, 0.1) is 13.8 Å². The Morgan fingerprint density at radius 1 is 1.23 bits per heavy atom. The van der Waals surface area contributed by atoms with E-state index in [9.17, 15) is 0 Å². The maximum atomic E-state index is 5.61. The second-order valence-electron chi connectivity index (χ2n) is 6.02. The van der Waals surface area contributed by atoms with Gasteiger partial charge in [-0.05, 0) is 45.7 Å². The molecule has 22 heavy (non-hydrogen) atoms. The molecule has 0 radical (unpaired) electrons. The average molecular weight is 299 g/mol. The van der Waals surface area contributed by atoms with Crippen LogP contribution in [0.3, 0.4) is 0 Å². The molecule has 1 aliphatic carbocycles. The van der Waals surface area contributed by atoms with Gasteiger partial charge in [0.25, 0.3) is 0 Å². The summed E-state index contributed by atoms with van der Waals surface area (Å²) in [6.45, 7) is 8.00. The van der Waals surface area contributed by atoms with Gasteiger partial charge >= 0.3 is 0 Å². The van der Waals surface area contributed by atoms with Gasteiger partial charge in [-0.25, -0.2) is 4.68 Å². The molecule has 0 amide bonds. The van der Waals surface area contributed by atoms with Crippen LogP contribution in [0.5, 0.6) is 0 Å². The van der Waals surface area contributed by atoms with Gasteiger partial charge in [0.1, 0.15) is 0 Å². The predicted octanol–water partition coefficient (Wildman–Crippen LogP) is 3.15. The summed E-state index contributed by atoms with van der Waals surface area (Å²) in [5.74, 6) is 0. The molecule has 0 saturated heterocycles. The van der Waals surface area contributed by atoms with E-state index in [0.717, 1.165) is 37.4 Å². The molecule has 1 aromatic heterocycles. The SMILES string of the molecule is CCOC1CC(NCc2c(C)nn(-c3ccccc3)c2C)C1. The Morgan fingerprint density at radius 2 is 1.95 bits per heavy atom. The second kappa shape index (κ2) is 6.63. The van der Waals surface area contributed by atoms with Crippen LogP contribution < -0.4 is 5.32 Å². The number of hydrogen-bond donors (Lipinski definition) is 1. The molecule has 4 nitrogen and oxygen atoms in total. The first-order valence-corrected chi connectivity index (χ1v) is 8.14. The summed E-state index contributed by atoms with van der Waals surface area (Å²) in [5, 5.41) is 8.34. The van der Waals surface area contributed by atoms with Gasteiger partial charge < -0.3 is 10.1 Å². The number of hydrogen-bond acceptors (Lipinski definition) is 3. The lowest BCUT2D eigenvalue weighted by atomic mass is 9.89. The third kappa shape index (κ3) is 3.08. The predicted molar refractivity (Wildman–Crippen MR) is 88.3 cm³/mol. The number of para-hydroxylation sites is 1. The summed E-state index contributed by atoms with van der Waals surface area (Å²) in [5.41, 5.74) is 4.75. The molecule has 1 aromatic carbocycles. The summed E-state index contributed by atoms with van der Waals surface area (Å²) < 4.78 is 7.65. The molecule has 1 fully saturated rings. The van der Waals surface area contributed by atoms with Gasteiger partial charge in [-0.3, -0.25) is 0 Å². The van der Waals surface area contributed by atoms with Gasteiger partial charge in [-0.2, -0.15) is 5.10 Å². The Kier molecular flexibility index (Phi) is 4.60. The molecule has 1 heterocycles. The van der Waals surface area contributed by atoms with E-state index in [0.29, 0.717) is 12.1 Å². The molecular weight excluding hydrogens is 274 g/mol. The normalized spacial score (nSPS) is 20.9. The fourth-order valence-corrected chi connectivity index (χ4v) is 3.10. The first-order chi connectivity index (χ1) is 10.7. The van der Waals surface area contributed by atoms with Crippen LogP contribution in [0.4, 0.5) is 0 Å². The average Bonchev–Trinajstić information content (AvgIpc) is 2.77. The number of aromatic nitrogens is 2.